The Bertz CT molecular complexity index is 2870. The molecule has 8 aliphatic rings. The van der Waals surface area contributed by atoms with Crippen molar-refractivity contribution in [3.63, 3.8) is 0 Å². The number of hydrogen-bond donors (Lipinski definition) is 2. The van der Waals surface area contributed by atoms with Gasteiger partial charge in [0, 0.05) is 158 Å². The van der Waals surface area contributed by atoms with Crippen molar-refractivity contribution < 1.29 is 19.8 Å². The lowest BCUT2D eigenvalue weighted by Crippen LogP contribution is -2.26. The van der Waals surface area contributed by atoms with E-state index in [4.69, 9.17) is 23.2 Å². The number of aromatic hydroxyl groups is 2. The largest absolute Gasteiger partial charge is 0.507 e. The predicted octanol–water partition coefficient (Wildman–Crippen LogP) is 10.6. The van der Waals surface area contributed by atoms with E-state index in [1.807, 2.05) is 99.0 Å². The fourth-order valence-electron chi connectivity index (χ4n) is 12.8. The van der Waals surface area contributed by atoms with E-state index in [2.05, 4.69) is 70.1 Å². The molecule has 0 unspecified atom stereocenters. The number of allylic oxidation sites excluding steroid dienone is 4. The highest BCUT2D eigenvalue weighted by Gasteiger charge is 2.66. The van der Waals surface area contributed by atoms with Crippen molar-refractivity contribution in [1.29, 1.82) is 0 Å². The molecule has 2 saturated carbocycles. The van der Waals surface area contributed by atoms with Crippen molar-refractivity contribution in [3.8, 4) is 11.5 Å². The highest BCUT2D eigenvalue weighted by molar-refractivity contribution is 6.19. The molecule has 4 heterocycles. The molecule has 336 valence electrons. The molecule has 4 aliphatic heterocycles. The minimum Gasteiger partial charge on any atom is -0.507 e. The molecule has 4 fully saturated rings. The first-order chi connectivity index (χ1) is 31.9. The maximum absolute atomic E-state index is 12.0. The summed E-state index contributed by atoms with van der Waals surface area (Å²) in [5.74, 6) is 4.45. The smallest absolute Gasteiger partial charge is 0.187 e. The van der Waals surface area contributed by atoms with Gasteiger partial charge >= 0.3 is 0 Å². The first-order valence-corrected chi connectivity index (χ1v) is 24.2. The third kappa shape index (κ3) is 6.38. The van der Waals surface area contributed by atoms with Gasteiger partial charge in [0.25, 0.3) is 0 Å². The van der Waals surface area contributed by atoms with Crippen LogP contribution in [-0.2, 0) is 10.8 Å². The number of likely N-dealkylation sites (N-methyl/N-ethyl adjacent to an activating group) is 4. The second-order valence-corrected chi connectivity index (χ2v) is 20.2. The number of alkyl halides is 2. The zero-order valence-electron chi connectivity index (χ0n) is 37.8. The average Bonchev–Trinajstić information content (AvgIpc) is 4.06. The Morgan fingerprint density at radius 1 is 0.515 bits per heavy atom. The van der Waals surface area contributed by atoms with Crippen molar-refractivity contribution >= 4 is 67.7 Å². The number of nitrogens with zero attached hydrogens (tertiary/aromatic N) is 4. The fourth-order valence-corrected chi connectivity index (χ4v) is 13.3. The van der Waals surface area contributed by atoms with Gasteiger partial charge in [-0.25, -0.2) is 0 Å². The van der Waals surface area contributed by atoms with E-state index in [-0.39, 0.29) is 22.4 Å². The molecule has 4 aliphatic carbocycles. The van der Waals surface area contributed by atoms with E-state index in [1.165, 1.54) is 46.5 Å². The summed E-state index contributed by atoms with van der Waals surface area (Å²) in [5, 5.41) is 24.2. The second-order valence-electron chi connectivity index (χ2n) is 19.6. The highest BCUT2D eigenvalue weighted by atomic mass is 35.5. The zero-order chi connectivity index (χ0) is 45.8. The van der Waals surface area contributed by atoms with Gasteiger partial charge in [-0.1, -0.05) is 97.1 Å². The highest BCUT2D eigenvalue weighted by Crippen LogP contribution is 2.67. The molecule has 2 saturated heterocycles. The molecular weight excluding hydrogens is 864 g/mol. The van der Waals surface area contributed by atoms with Gasteiger partial charge in [0.05, 0.1) is 0 Å². The lowest BCUT2D eigenvalue weighted by molar-refractivity contribution is 0.103. The first kappa shape index (κ1) is 42.7. The lowest BCUT2D eigenvalue weighted by Gasteiger charge is -2.27. The van der Waals surface area contributed by atoms with Crippen molar-refractivity contribution in [2.45, 2.75) is 35.5 Å². The number of hydrogen-bond acceptors (Lipinski definition) is 8. The Hall–Kier alpha value is -5.96. The van der Waals surface area contributed by atoms with Crippen LogP contribution >= 0.6 is 23.2 Å². The minimum absolute atomic E-state index is 0.177. The minimum atomic E-state index is 0.177. The van der Waals surface area contributed by atoms with Gasteiger partial charge < -0.3 is 29.8 Å². The third-order valence-corrected chi connectivity index (χ3v) is 16.6. The number of fused-ring (bicyclic) bond motifs is 8. The summed E-state index contributed by atoms with van der Waals surface area (Å²) in [4.78, 5) is 32.9. The number of ketones is 2. The van der Waals surface area contributed by atoms with E-state index >= 15 is 0 Å². The normalized spacial score (nSPS) is 26.2. The van der Waals surface area contributed by atoms with Crippen LogP contribution in [0, 0.1) is 11.8 Å². The van der Waals surface area contributed by atoms with Crippen molar-refractivity contribution in [1.82, 2.24) is 9.80 Å². The molecule has 0 aromatic heterocycles. The topological polar surface area (TPSA) is 87.6 Å². The summed E-state index contributed by atoms with van der Waals surface area (Å²) in [5.41, 5.74) is 12.1. The number of benzene rings is 6. The molecule has 6 atom stereocenters. The summed E-state index contributed by atoms with van der Waals surface area (Å²) in [6, 6.07) is 35.9. The van der Waals surface area contributed by atoms with Gasteiger partial charge in [-0.05, 0) is 57.7 Å². The molecule has 0 radical (unpaired) electrons. The number of phenolic OH excluding ortho intramolecular Hbond substituents is 2. The quantitative estimate of drug-likeness (QED) is 0.166. The standard InChI is InChI=1S/2C14H14ClNO.2C14H13NO/c2*1-16-8-9(7-15)14-11-5-3-2-4-10(11)13(17)6-12(14)16;2*1-15-8-9-7-14(9)11-5-3-2-4-10(11)12(16)6-13(14)15/h2*2-6,9,17H,7-8H2,1H3;2*2-6,9H,7-8H2,1H3/t2*9-;2*9-,14-/m1010/s1. The maximum atomic E-state index is 12.0. The van der Waals surface area contributed by atoms with Crippen LogP contribution in [0.25, 0.3) is 21.5 Å². The van der Waals surface area contributed by atoms with Crippen LogP contribution in [0.2, 0.25) is 0 Å². The molecule has 66 heavy (non-hydrogen) atoms. The van der Waals surface area contributed by atoms with Crippen LogP contribution in [0.15, 0.2) is 133 Å². The molecule has 14 rings (SSSR count). The van der Waals surface area contributed by atoms with Gasteiger partial charge in [0.15, 0.2) is 11.6 Å². The molecule has 10 heteroatoms. The number of likely N-dealkylation sites (tertiary alicyclic amines) is 2. The summed E-state index contributed by atoms with van der Waals surface area (Å²) >= 11 is 12.1. The van der Waals surface area contributed by atoms with E-state index in [0.717, 1.165) is 82.1 Å². The van der Waals surface area contributed by atoms with Gasteiger partial charge in [0.2, 0.25) is 0 Å². The van der Waals surface area contributed by atoms with Crippen LogP contribution in [0.4, 0.5) is 11.4 Å². The van der Waals surface area contributed by atoms with Gasteiger partial charge in [-0.2, -0.15) is 0 Å². The van der Waals surface area contributed by atoms with Crippen LogP contribution in [0.1, 0.15) is 67.6 Å². The van der Waals surface area contributed by atoms with Crippen LogP contribution in [0.3, 0.4) is 0 Å². The number of carbonyl (C=O) groups excluding carboxylic acids is 2. The lowest BCUT2D eigenvalue weighted by atomic mass is 9.81. The van der Waals surface area contributed by atoms with Crippen molar-refractivity contribution in [2.75, 3.05) is 75.9 Å². The number of phenols is 2. The molecule has 2 N–H and O–H groups in total. The maximum Gasteiger partial charge on any atom is 0.187 e. The monoisotopic (exact) mass is 916 g/mol. The Morgan fingerprint density at radius 2 is 0.879 bits per heavy atom. The molecule has 8 nitrogen and oxygen atoms in total. The molecule has 0 amide bonds. The Labute approximate surface area is 396 Å². The number of rotatable bonds is 2. The van der Waals surface area contributed by atoms with E-state index < -0.39 is 0 Å². The van der Waals surface area contributed by atoms with Crippen LogP contribution in [0.5, 0.6) is 11.5 Å². The fraction of sp³-hybridized carbons (Fsp3) is 0.321. The second kappa shape index (κ2) is 15.8. The summed E-state index contributed by atoms with van der Waals surface area (Å²) in [6.45, 7) is 4.06. The number of piperidine rings is 2. The summed E-state index contributed by atoms with van der Waals surface area (Å²) < 4.78 is 0. The third-order valence-electron chi connectivity index (χ3n) is 15.9. The number of carbonyl (C=O) groups is 2. The predicted molar refractivity (Wildman–Crippen MR) is 267 cm³/mol. The summed E-state index contributed by atoms with van der Waals surface area (Å²) in [6.07, 6.45) is 6.17. The zero-order valence-corrected chi connectivity index (χ0v) is 39.3. The van der Waals surface area contributed by atoms with E-state index in [9.17, 15) is 19.8 Å². The summed E-state index contributed by atoms with van der Waals surface area (Å²) in [7, 11) is 8.28. The molecule has 0 bridgehead atoms. The van der Waals surface area contributed by atoms with Crippen molar-refractivity contribution in [3.05, 3.63) is 166 Å². The van der Waals surface area contributed by atoms with E-state index in [1.54, 1.807) is 0 Å². The molecule has 6 aromatic carbocycles. The van der Waals surface area contributed by atoms with Crippen LogP contribution in [-0.4, -0.2) is 97.7 Å². The average molecular weight is 918 g/mol. The molecule has 6 aromatic rings. The first-order valence-electron chi connectivity index (χ1n) is 23.1. The van der Waals surface area contributed by atoms with Gasteiger partial charge in [-0.15, -0.1) is 23.2 Å². The number of anilines is 2. The SMILES string of the molecule is CN1C[C@@H](CCl)c2c1cc(O)c1ccccc21.CN1C[C@@H]2C[C@]23C1=CC(=O)c1ccccc13.CN1C[C@H](CCl)c2c1cc(O)c1ccccc21.CN1C[C@H]2C[C@@]23C1=CC(=O)c1ccccc13. The molecular formula is C56H54Cl2N4O4. The van der Waals surface area contributed by atoms with Gasteiger partial charge in [-0.3, -0.25) is 9.59 Å². The number of halogens is 2. The van der Waals surface area contributed by atoms with Crippen LogP contribution < -0.4 is 9.80 Å². The van der Waals surface area contributed by atoms with Crippen molar-refractivity contribution in [2.24, 2.45) is 11.8 Å². The Morgan fingerprint density at radius 3 is 1.27 bits per heavy atom. The Kier molecular flexibility index (Phi) is 10.2. The van der Waals surface area contributed by atoms with E-state index in [0.29, 0.717) is 35.1 Å². The molecule has 2 spiro atoms. The van der Waals surface area contributed by atoms with Gasteiger partial charge in [0.1, 0.15) is 11.5 Å². The Balaban J connectivity index is 0.0000000972.